The van der Waals surface area contributed by atoms with Crippen LogP contribution in [0.1, 0.15) is 39.5 Å². The number of aromatic nitrogens is 1. The van der Waals surface area contributed by atoms with Gasteiger partial charge in [-0.25, -0.2) is 4.98 Å². The molecule has 2 heterocycles. The van der Waals surface area contributed by atoms with E-state index in [1.165, 1.54) is 18.9 Å². The summed E-state index contributed by atoms with van der Waals surface area (Å²) < 4.78 is 0. The van der Waals surface area contributed by atoms with Crippen LogP contribution in [0, 0.1) is 15.5 Å². The highest BCUT2D eigenvalue weighted by atomic mass is 16.6. The average Bonchev–Trinajstić information content (AvgIpc) is 2.54. The first-order valence-electron chi connectivity index (χ1n) is 7.63. The molecule has 6 heteroatoms. The Hall–Kier alpha value is -1.85. The van der Waals surface area contributed by atoms with Crippen LogP contribution in [0.4, 0.5) is 17.3 Å². The van der Waals surface area contributed by atoms with Crippen LogP contribution in [0.5, 0.6) is 0 Å². The molecule has 1 N–H and O–H groups in total. The maximum absolute atomic E-state index is 11.2. The van der Waals surface area contributed by atoms with Crippen LogP contribution in [0.3, 0.4) is 0 Å². The zero-order chi connectivity index (χ0) is 15.5. The fourth-order valence-electron chi connectivity index (χ4n) is 3.11. The Bertz CT molecular complexity index is 504. The van der Waals surface area contributed by atoms with Gasteiger partial charge in [0.25, 0.3) is 0 Å². The van der Waals surface area contributed by atoms with E-state index in [4.69, 9.17) is 0 Å². The quantitative estimate of drug-likeness (QED) is 0.665. The number of hydrogen-bond donors (Lipinski definition) is 1. The van der Waals surface area contributed by atoms with Crippen molar-refractivity contribution in [2.75, 3.05) is 30.4 Å². The molecular formula is C15H24N4O2. The molecular weight excluding hydrogens is 268 g/mol. The van der Waals surface area contributed by atoms with Crippen LogP contribution >= 0.6 is 0 Å². The van der Waals surface area contributed by atoms with Gasteiger partial charge in [-0.1, -0.05) is 26.7 Å². The molecule has 0 aliphatic carbocycles. The van der Waals surface area contributed by atoms with Crippen LogP contribution in [0.25, 0.3) is 0 Å². The van der Waals surface area contributed by atoms with Crippen molar-refractivity contribution in [1.82, 2.24) is 4.98 Å². The third-order valence-electron chi connectivity index (χ3n) is 4.93. The van der Waals surface area contributed by atoms with Crippen LogP contribution in [0.15, 0.2) is 12.1 Å². The van der Waals surface area contributed by atoms with E-state index in [1.807, 2.05) is 0 Å². The summed E-state index contributed by atoms with van der Waals surface area (Å²) in [6.07, 6.45) is 4.48. The summed E-state index contributed by atoms with van der Waals surface area (Å²) in [5.74, 6) is 1.16. The minimum atomic E-state index is -0.344. The molecule has 6 nitrogen and oxygen atoms in total. The van der Waals surface area contributed by atoms with Crippen molar-refractivity contribution in [2.45, 2.75) is 39.5 Å². The number of nitrogens with zero attached hydrogens (tertiary/aromatic N) is 3. The smallest absolute Gasteiger partial charge is 0.311 e. The van der Waals surface area contributed by atoms with Crippen molar-refractivity contribution in [1.29, 1.82) is 0 Å². The minimum Gasteiger partial charge on any atom is -0.373 e. The molecule has 1 aromatic heterocycles. The van der Waals surface area contributed by atoms with Gasteiger partial charge in [-0.15, -0.1) is 0 Å². The molecule has 1 fully saturated rings. The molecule has 1 aliphatic rings. The molecule has 0 amide bonds. The largest absolute Gasteiger partial charge is 0.373 e. The summed E-state index contributed by atoms with van der Waals surface area (Å²) in [7, 11) is 1.77. The lowest BCUT2D eigenvalue weighted by Gasteiger charge is -2.41. The van der Waals surface area contributed by atoms with E-state index in [1.54, 1.807) is 13.1 Å². The van der Waals surface area contributed by atoms with E-state index in [-0.39, 0.29) is 10.6 Å². The van der Waals surface area contributed by atoms with E-state index >= 15 is 0 Å². The van der Waals surface area contributed by atoms with Gasteiger partial charge in [0, 0.05) is 26.2 Å². The number of pyridine rings is 1. The second-order valence-corrected chi connectivity index (χ2v) is 5.74. The van der Waals surface area contributed by atoms with E-state index in [0.717, 1.165) is 25.9 Å². The number of hydrogen-bond acceptors (Lipinski definition) is 5. The standard InChI is InChI=1S/C15H24N4O2/c1-4-15(5-2)8-10-18(11-9-15)14-12(19(20)21)6-7-13(16-3)17-14/h6-7H,4-5,8-11H2,1-3H3,(H,16,17). The number of nitro groups is 1. The van der Waals surface area contributed by atoms with Gasteiger partial charge < -0.3 is 10.2 Å². The topological polar surface area (TPSA) is 71.3 Å². The normalized spacial score (nSPS) is 17.6. The Morgan fingerprint density at radius 1 is 1.33 bits per heavy atom. The molecule has 0 saturated carbocycles. The molecule has 0 bridgehead atoms. The highest BCUT2D eigenvalue weighted by Crippen LogP contribution is 2.40. The van der Waals surface area contributed by atoms with Crippen molar-refractivity contribution < 1.29 is 4.92 Å². The van der Waals surface area contributed by atoms with Crippen LogP contribution < -0.4 is 10.2 Å². The maximum atomic E-state index is 11.2. The average molecular weight is 292 g/mol. The first-order chi connectivity index (χ1) is 10.0. The molecule has 1 aromatic rings. The molecule has 2 rings (SSSR count). The second kappa shape index (κ2) is 6.28. The Kier molecular flexibility index (Phi) is 4.65. The zero-order valence-corrected chi connectivity index (χ0v) is 13.1. The Morgan fingerprint density at radius 3 is 2.43 bits per heavy atom. The van der Waals surface area contributed by atoms with Gasteiger partial charge in [-0.05, 0) is 24.3 Å². The van der Waals surface area contributed by atoms with E-state index < -0.39 is 0 Å². The van der Waals surface area contributed by atoms with Gasteiger partial charge >= 0.3 is 5.69 Å². The third kappa shape index (κ3) is 3.09. The van der Waals surface area contributed by atoms with E-state index in [9.17, 15) is 10.1 Å². The van der Waals surface area contributed by atoms with Crippen molar-refractivity contribution >= 4 is 17.3 Å². The fraction of sp³-hybridized carbons (Fsp3) is 0.667. The molecule has 0 aromatic carbocycles. The highest BCUT2D eigenvalue weighted by Gasteiger charge is 2.33. The summed E-state index contributed by atoms with van der Waals surface area (Å²) in [6, 6.07) is 3.18. The molecule has 116 valence electrons. The molecule has 1 saturated heterocycles. The lowest BCUT2D eigenvalue weighted by Crippen LogP contribution is -2.40. The molecule has 0 unspecified atom stereocenters. The molecule has 0 radical (unpaired) electrons. The summed E-state index contributed by atoms with van der Waals surface area (Å²) in [6.45, 7) is 6.15. The molecule has 0 spiro atoms. The van der Waals surface area contributed by atoms with Crippen molar-refractivity contribution in [2.24, 2.45) is 5.41 Å². The van der Waals surface area contributed by atoms with Crippen molar-refractivity contribution in [3.05, 3.63) is 22.2 Å². The van der Waals surface area contributed by atoms with Crippen LogP contribution in [-0.2, 0) is 0 Å². The van der Waals surface area contributed by atoms with Gasteiger partial charge in [0.15, 0.2) is 0 Å². The summed E-state index contributed by atoms with van der Waals surface area (Å²) >= 11 is 0. The SMILES string of the molecule is CCC1(CC)CCN(c2nc(NC)ccc2[N+](=O)[O-])CC1. The zero-order valence-electron chi connectivity index (χ0n) is 13.1. The maximum Gasteiger partial charge on any atom is 0.311 e. The highest BCUT2D eigenvalue weighted by molar-refractivity contribution is 5.62. The number of rotatable bonds is 5. The van der Waals surface area contributed by atoms with Gasteiger partial charge in [0.1, 0.15) is 5.82 Å². The number of nitrogens with one attached hydrogen (secondary N) is 1. The summed E-state index contributed by atoms with van der Waals surface area (Å²) in [5.41, 5.74) is 0.487. The lowest BCUT2D eigenvalue weighted by atomic mass is 9.74. The van der Waals surface area contributed by atoms with Gasteiger partial charge in [0.05, 0.1) is 4.92 Å². The second-order valence-electron chi connectivity index (χ2n) is 5.74. The minimum absolute atomic E-state index is 0.0921. The van der Waals surface area contributed by atoms with Crippen LogP contribution in [0.2, 0.25) is 0 Å². The van der Waals surface area contributed by atoms with E-state index in [0.29, 0.717) is 17.1 Å². The predicted molar refractivity (Wildman–Crippen MR) is 84.9 cm³/mol. The van der Waals surface area contributed by atoms with Crippen molar-refractivity contribution in [3.63, 3.8) is 0 Å². The van der Waals surface area contributed by atoms with Gasteiger partial charge in [-0.2, -0.15) is 0 Å². The fourth-order valence-corrected chi connectivity index (χ4v) is 3.11. The predicted octanol–water partition coefficient (Wildman–Crippen LogP) is 3.44. The monoisotopic (exact) mass is 292 g/mol. The molecule has 0 atom stereocenters. The molecule has 1 aliphatic heterocycles. The van der Waals surface area contributed by atoms with Crippen LogP contribution in [-0.4, -0.2) is 30.0 Å². The number of piperidine rings is 1. The van der Waals surface area contributed by atoms with Gasteiger partial charge in [-0.3, -0.25) is 10.1 Å². The Balaban J connectivity index is 2.24. The van der Waals surface area contributed by atoms with E-state index in [2.05, 4.69) is 29.0 Å². The molecule has 21 heavy (non-hydrogen) atoms. The third-order valence-corrected chi connectivity index (χ3v) is 4.93. The Morgan fingerprint density at radius 2 is 1.95 bits per heavy atom. The lowest BCUT2D eigenvalue weighted by molar-refractivity contribution is -0.384. The number of anilines is 2. The Labute approximate surface area is 125 Å². The first kappa shape index (κ1) is 15.5. The van der Waals surface area contributed by atoms with Gasteiger partial charge in [0.2, 0.25) is 5.82 Å². The summed E-state index contributed by atoms with van der Waals surface area (Å²) in [4.78, 5) is 17.3. The first-order valence-corrected chi connectivity index (χ1v) is 7.63. The summed E-state index contributed by atoms with van der Waals surface area (Å²) in [5, 5.41) is 14.2. The van der Waals surface area contributed by atoms with Crippen molar-refractivity contribution in [3.8, 4) is 0 Å².